The van der Waals surface area contributed by atoms with Crippen LogP contribution in [0.25, 0.3) is 0 Å². The van der Waals surface area contributed by atoms with Crippen molar-refractivity contribution < 1.29 is 33.7 Å². The summed E-state index contributed by atoms with van der Waals surface area (Å²) in [5.41, 5.74) is -4.58. The van der Waals surface area contributed by atoms with E-state index in [0.717, 1.165) is 12.0 Å². The molecule has 0 radical (unpaired) electrons. The maximum atomic E-state index is 17.2. The second kappa shape index (κ2) is 7.05. The summed E-state index contributed by atoms with van der Waals surface area (Å²) in [5, 5.41) is 21.3. The van der Waals surface area contributed by atoms with Gasteiger partial charge in [0.2, 0.25) is 0 Å². The number of fused-ring (bicyclic) bond motifs is 7. The Bertz CT molecular complexity index is 914. The molecule has 0 amide bonds. The molecule has 0 spiro atoms. The zero-order valence-electron chi connectivity index (χ0n) is 19.0. The maximum Gasteiger partial charge on any atom is 0.193 e. The lowest BCUT2D eigenvalue weighted by molar-refractivity contribution is -0.231. The third-order valence-corrected chi connectivity index (χ3v) is 9.52. The summed E-state index contributed by atoms with van der Waals surface area (Å²) in [6, 6.07) is 0. The molecule has 1 aliphatic heterocycles. The van der Waals surface area contributed by atoms with E-state index in [1.807, 2.05) is 13.8 Å². The first-order valence-corrected chi connectivity index (χ1v) is 11.9. The summed E-state index contributed by atoms with van der Waals surface area (Å²) in [6.07, 6.45) is 5.03. The average molecular weight is 449 g/mol. The largest absolute Gasteiger partial charge is 0.390 e. The van der Waals surface area contributed by atoms with E-state index >= 15 is 4.39 Å². The fourth-order valence-corrected chi connectivity index (χ4v) is 8.01. The molecule has 0 bridgehead atoms. The Morgan fingerprint density at radius 1 is 1.31 bits per heavy atom. The molecule has 2 unspecified atom stereocenters. The van der Waals surface area contributed by atoms with Gasteiger partial charge in [-0.2, -0.15) is 0 Å². The standard InChI is InChI=1S/C25H33FO6/c1-4-5-21-31-20-11-17-16-7-6-14-10-15(28)8-9-22(14,2)24(16,26)18(29)12-23(17,3)25(20,32-21)19(30)13-27/h8-10,16-18,20-21,27,29H,4-7,11-13H2,1-3H3/t16-,17-,18-,20-,21?,22-,23-,24?,25+/m0/s1. The van der Waals surface area contributed by atoms with Gasteiger partial charge < -0.3 is 19.7 Å². The summed E-state index contributed by atoms with van der Waals surface area (Å²) in [4.78, 5) is 25.2. The summed E-state index contributed by atoms with van der Waals surface area (Å²) < 4.78 is 29.7. The molecule has 4 fully saturated rings. The molecule has 2 N–H and O–H groups in total. The van der Waals surface area contributed by atoms with Crippen molar-refractivity contribution in [3.05, 3.63) is 23.8 Å². The highest BCUT2D eigenvalue weighted by Gasteiger charge is 2.79. The number of carbonyl (C=O) groups excluding carboxylic acids is 2. The summed E-state index contributed by atoms with van der Waals surface area (Å²) >= 11 is 0. The lowest BCUT2D eigenvalue weighted by Crippen LogP contribution is -2.69. The molecule has 176 valence electrons. The van der Waals surface area contributed by atoms with Crippen LogP contribution >= 0.6 is 0 Å². The Morgan fingerprint density at radius 2 is 2.06 bits per heavy atom. The van der Waals surface area contributed by atoms with E-state index in [4.69, 9.17) is 9.47 Å². The molecule has 1 heterocycles. The second-order valence-corrected chi connectivity index (χ2v) is 10.8. The van der Waals surface area contributed by atoms with Crippen molar-refractivity contribution in [2.75, 3.05) is 6.61 Å². The van der Waals surface area contributed by atoms with Gasteiger partial charge in [-0.1, -0.05) is 31.9 Å². The fourth-order valence-electron chi connectivity index (χ4n) is 8.01. The summed E-state index contributed by atoms with van der Waals surface area (Å²) in [6.45, 7) is 5.00. The molecule has 3 saturated carbocycles. The third-order valence-electron chi connectivity index (χ3n) is 9.52. The summed E-state index contributed by atoms with van der Waals surface area (Å²) in [7, 11) is 0. The summed E-state index contributed by atoms with van der Waals surface area (Å²) in [5.74, 6) is -1.39. The second-order valence-electron chi connectivity index (χ2n) is 10.8. The van der Waals surface area contributed by atoms with Crippen LogP contribution in [0.15, 0.2) is 23.8 Å². The first-order valence-electron chi connectivity index (χ1n) is 11.9. The van der Waals surface area contributed by atoms with E-state index in [1.165, 1.54) is 12.2 Å². The lowest BCUT2D eigenvalue weighted by atomic mass is 9.44. The van der Waals surface area contributed by atoms with E-state index in [9.17, 15) is 19.8 Å². The number of Topliss-reactive ketones (excluding diaryl/α,β-unsaturated/α-hetero) is 1. The number of halogens is 1. The number of ketones is 2. The molecule has 7 heteroatoms. The monoisotopic (exact) mass is 448 g/mol. The SMILES string of the molecule is CCCC1O[C@H]2C[C@H]3[C@@H]4CCC5=CC(=O)C=C[C@]5(C)C4(F)[C@@H](O)C[C@]3(C)[C@]2(C(=O)CO)O1. The molecule has 6 nitrogen and oxygen atoms in total. The predicted molar refractivity (Wildman–Crippen MR) is 113 cm³/mol. The van der Waals surface area contributed by atoms with Crippen LogP contribution in [0.1, 0.15) is 59.3 Å². The smallest absolute Gasteiger partial charge is 0.193 e. The van der Waals surface area contributed by atoms with E-state index in [1.54, 1.807) is 13.0 Å². The van der Waals surface area contributed by atoms with Crippen LogP contribution in [-0.2, 0) is 19.1 Å². The number of alkyl halides is 1. The van der Waals surface area contributed by atoms with Gasteiger partial charge >= 0.3 is 0 Å². The molecule has 32 heavy (non-hydrogen) atoms. The Hall–Kier alpha value is -1.41. The quantitative estimate of drug-likeness (QED) is 0.687. The number of allylic oxidation sites excluding steroid dienone is 4. The van der Waals surface area contributed by atoms with Gasteiger partial charge in [0.25, 0.3) is 0 Å². The number of aliphatic hydroxyl groups excluding tert-OH is 2. The minimum atomic E-state index is -1.97. The zero-order chi connectivity index (χ0) is 23.1. The van der Waals surface area contributed by atoms with Gasteiger partial charge in [0.15, 0.2) is 29.1 Å². The molecule has 4 aliphatic carbocycles. The van der Waals surface area contributed by atoms with E-state index < -0.39 is 58.9 Å². The minimum absolute atomic E-state index is 0.0275. The van der Waals surface area contributed by atoms with Crippen molar-refractivity contribution in [3.8, 4) is 0 Å². The highest BCUT2D eigenvalue weighted by Crippen LogP contribution is 2.71. The lowest BCUT2D eigenvalue weighted by Gasteiger charge is -2.62. The van der Waals surface area contributed by atoms with Crippen LogP contribution in [0.4, 0.5) is 4.39 Å². The number of hydrogen-bond acceptors (Lipinski definition) is 6. The van der Waals surface area contributed by atoms with Crippen molar-refractivity contribution in [3.63, 3.8) is 0 Å². The van der Waals surface area contributed by atoms with Gasteiger partial charge in [-0.15, -0.1) is 0 Å². The van der Waals surface area contributed by atoms with Gasteiger partial charge in [-0.05, 0) is 57.1 Å². The maximum absolute atomic E-state index is 17.2. The van der Waals surface area contributed by atoms with Crippen molar-refractivity contribution in [1.82, 2.24) is 0 Å². The molecule has 5 aliphatic rings. The highest BCUT2D eigenvalue weighted by atomic mass is 19.1. The molecule has 5 rings (SSSR count). The van der Waals surface area contributed by atoms with Crippen LogP contribution in [-0.4, -0.2) is 58.2 Å². The Kier molecular flexibility index (Phi) is 4.93. The first kappa shape index (κ1) is 22.4. The average Bonchev–Trinajstić information content (AvgIpc) is 3.22. The van der Waals surface area contributed by atoms with Crippen LogP contribution in [0.5, 0.6) is 0 Å². The highest BCUT2D eigenvalue weighted by molar-refractivity contribution is 6.01. The first-order chi connectivity index (χ1) is 15.1. The molecule has 0 aromatic heterocycles. The normalized spacial score (nSPS) is 51.5. The Balaban J connectivity index is 1.60. The van der Waals surface area contributed by atoms with Crippen molar-refractivity contribution in [2.24, 2.45) is 22.7 Å². The zero-order valence-corrected chi connectivity index (χ0v) is 19.0. The molecule has 0 aromatic rings. The van der Waals surface area contributed by atoms with Gasteiger partial charge in [0.05, 0.1) is 12.2 Å². The number of rotatable bonds is 4. The van der Waals surface area contributed by atoms with E-state index in [2.05, 4.69) is 0 Å². The van der Waals surface area contributed by atoms with Crippen LogP contribution in [0.3, 0.4) is 0 Å². The van der Waals surface area contributed by atoms with Crippen molar-refractivity contribution >= 4 is 11.6 Å². The molecule has 1 saturated heterocycles. The van der Waals surface area contributed by atoms with Crippen LogP contribution < -0.4 is 0 Å². The fraction of sp³-hybridized carbons (Fsp3) is 0.760. The van der Waals surface area contributed by atoms with Crippen molar-refractivity contribution in [2.45, 2.75) is 89.1 Å². The van der Waals surface area contributed by atoms with Crippen LogP contribution in [0, 0.1) is 22.7 Å². The van der Waals surface area contributed by atoms with Gasteiger partial charge in [-0.25, -0.2) is 4.39 Å². The third kappa shape index (κ3) is 2.43. The number of carbonyl (C=O) groups is 2. The van der Waals surface area contributed by atoms with Gasteiger partial charge in [0.1, 0.15) is 6.61 Å². The molecule has 9 atom stereocenters. The van der Waals surface area contributed by atoms with Gasteiger partial charge in [0, 0.05) is 16.7 Å². The minimum Gasteiger partial charge on any atom is -0.390 e. The van der Waals surface area contributed by atoms with Gasteiger partial charge in [-0.3, -0.25) is 9.59 Å². The predicted octanol–water partition coefficient (Wildman–Crippen LogP) is 2.81. The van der Waals surface area contributed by atoms with E-state index in [0.29, 0.717) is 25.7 Å². The molecular formula is C25H33FO6. The van der Waals surface area contributed by atoms with E-state index in [-0.39, 0.29) is 18.1 Å². The molecule has 0 aromatic carbocycles. The Morgan fingerprint density at radius 3 is 2.75 bits per heavy atom. The number of hydrogen-bond donors (Lipinski definition) is 2. The van der Waals surface area contributed by atoms with Crippen molar-refractivity contribution in [1.29, 1.82) is 0 Å². The topological polar surface area (TPSA) is 93.1 Å². The molecular weight excluding hydrogens is 415 g/mol. The number of aliphatic hydroxyl groups is 2. The van der Waals surface area contributed by atoms with Crippen LogP contribution in [0.2, 0.25) is 0 Å². The Labute approximate surface area is 187 Å². The number of ether oxygens (including phenoxy) is 2.